The molecule has 2 aromatic heterocycles. The van der Waals surface area contributed by atoms with Gasteiger partial charge >= 0.3 is 0 Å². The fourth-order valence-corrected chi connectivity index (χ4v) is 2.35. The van der Waals surface area contributed by atoms with Crippen molar-refractivity contribution in [3.63, 3.8) is 0 Å². The summed E-state index contributed by atoms with van der Waals surface area (Å²) in [4.78, 5) is 8.19. The van der Waals surface area contributed by atoms with Gasteiger partial charge in [-0.3, -0.25) is 0 Å². The van der Waals surface area contributed by atoms with Crippen LogP contribution in [0.1, 0.15) is 24.7 Å². The van der Waals surface area contributed by atoms with E-state index in [1.165, 1.54) is 17.8 Å². The molecule has 0 radical (unpaired) electrons. The molecule has 94 valence electrons. The molecule has 0 unspecified atom stereocenters. The van der Waals surface area contributed by atoms with E-state index in [9.17, 15) is 0 Å². The zero-order valence-corrected chi connectivity index (χ0v) is 10.3. The SMILES string of the molecule is Nc1cc(N)nc(SCc2nnnn2C2CC2)n1. The van der Waals surface area contributed by atoms with Gasteiger partial charge in [-0.15, -0.1) is 5.10 Å². The Morgan fingerprint density at radius 2 is 2.00 bits per heavy atom. The summed E-state index contributed by atoms with van der Waals surface area (Å²) in [5, 5.41) is 12.2. The predicted molar refractivity (Wildman–Crippen MR) is 66.5 cm³/mol. The van der Waals surface area contributed by atoms with Crippen LogP contribution in [0.2, 0.25) is 0 Å². The molecule has 4 N–H and O–H groups in total. The Labute approximate surface area is 107 Å². The van der Waals surface area contributed by atoms with E-state index in [4.69, 9.17) is 11.5 Å². The number of nitrogen functional groups attached to an aromatic ring is 2. The van der Waals surface area contributed by atoms with E-state index in [0.717, 1.165) is 18.7 Å². The average Bonchev–Trinajstić information content (AvgIpc) is 3.05. The lowest BCUT2D eigenvalue weighted by molar-refractivity contribution is 0.593. The first-order valence-electron chi connectivity index (χ1n) is 5.52. The lowest BCUT2D eigenvalue weighted by atomic mass is 10.5. The van der Waals surface area contributed by atoms with E-state index in [1.54, 1.807) is 0 Å². The van der Waals surface area contributed by atoms with Gasteiger partial charge in [-0.25, -0.2) is 14.6 Å². The zero-order valence-electron chi connectivity index (χ0n) is 9.52. The molecule has 0 bridgehead atoms. The third-order valence-electron chi connectivity index (χ3n) is 2.53. The van der Waals surface area contributed by atoms with Crippen molar-refractivity contribution in [2.45, 2.75) is 29.8 Å². The molecule has 1 aliphatic rings. The number of aromatic nitrogens is 6. The average molecular weight is 264 g/mol. The first-order chi connectivity index (χ1) is 8.72. The lowest BCUT2D eigenvalue weighted by Crippen LogP contribution is -2.03. The summed E-state index contributed by atoms with van der Waals surface area (Å²) in [6, 6.07) is 1.99. The molecule has 18 heavy (non-hydrogen) atoms. The molecule has 0 amide bonds. The van der Waals surface area contributed by atoms with Crippen LogP contribution in [-0.4, -0.2) is 30.2 Å². The van der Waals surface area contributed by atoms with Gasteiger partial charge in [-0.1, -0.05) is 11.8 Å². The molecule has 0 aliphatic heterocycles. The number of hydrogen-bond acceptors (Lipinski definition) is 8. The summed E-state index contributed by atoms with van der Waals surface area (Å²) in [5.41, 5.74) is 11.2. The van der Waals surface area contributed by atoms with E-state index < -0.39 is 0 Å². The maximum absolute atomic E-state index is 5.61. The fraction of sp³-hybridized carbons (Fsp3) is 0.444. The molecule has 0 aromatic carbocycles. The number of nitrogens with zero attached hydrogens (tertiary/aromatic N) is 6. The van der Waals surface area contributed by atoms with Crippen LogP contribution in [0.3, 0.4) is 0 Å². The maximum atomic E-state index is 5.61. The van der Waals surface area contributed by atoms with Crippen LogP contribution >= 0.6 is 11.8 Å². The van der Waals surface area contributed by atoms with Gasteiger partial charge in [-0.2, -0.15) is 0 Å². The molecule has 2 heterocycles. The highest BCUT2D eigenvalue weighted by atomic mass is 32.2. The Morgan fingerprint density at radius 1 is 1.28 bits per heavy atom. The number of thioether (sulfide) groups is 1. The highest BCUT2D eigenvalue weighted by Crippen LogP contribution is 2.35. The van der Waals surface area contributed by atoms with Crippen molar-refractivity contribution in [3.8, 4) is 0 Å². The lowest BCUT2D eigenvalue weighted by Gasteiger charge is -2.03. The van der Waals surface area contributed by atoms with Crippen molar-refractivity contribution in [2.24, 2.45) is 0 Å². The Kier molecular flexibility index (Phi) is 2.74. The van der Waals surface area contributed by atoms with Crippen LogP contribution in [0, 0.1) is 0 Å². The van der Waals surface area contributed by atoms with E-state index in [2.05, 4.69) is 25.5 Å². The Balaban J connectivity index is 1.71. The van der Waals surface area contributed by atoms with E-state index >= 15 is 0 Å². The second-order valence-corrected chi connectivity index (χ2v) is 5.00. The van der Waals surface area contributed by atoms with Gasteiger partial charge in [0.1, 0.15) is 11.6 Å². The molecule has 1 aliphatic carbocycles. The van der Waals surface area contributed by atoms with Crippen molar-refractivity contribution in [3.05, 3.63) is 11.9 Å². The minimum absolute atomic E-state index is 0.367. The fourth-order valence-electron chi connectivity index (χ4n) is 1.57. The van der Waals surface area contributed by atoms with Crippen LogP contribution in [0.15, 0.2) is 11.2 Å². The maximum Gasteiger partial charge on any atom is 0.191 e. The molecule has 8 nitrogen and oxygen atoms in total. The predicted octanol–water partition coefficient (Wildman–Crippen LogP) is 0.255. The molecular formula is C9H12N8S. The summed E-state index contributed by atoms with van der Waals surface area (Å²) in [7, 11) is 0. The number of hydrogen-bond donors (Lipinski definition) is 2. The second-order valence-electron chi connectivity index (χ2n) is 4.06. The quantitative estimate of drug-likeness (QED) is 0.595. The number of rotatable bonds is 4. The first-order valence-corrected chi connectivity index (χ1v) is 6.50. The summed E-state index contributed by atoms with van der Waals surface area (Å²) in [5.74, 6) is 2.16. The van der Waals surface area contributed by atoms with Gasteiger partial charge in [-0.05, 0) is 23.3 Å². The van der Waals surface area contributed by atoms with Crippen LogP contribution < -0.4 is 11.5 Å². The number of tetrazole rings is 1. The van der Waals surface area contributed by atoms with Crippen LogP contribution in [0.25, 0.3) is 0 Å². The van der Waals surface area contributed by atoms with Gasteiger partial charge in [0.05, 0.1) is 11.8 Å². The molecule has 1 saturated carbocycles. The molecular weight excluding hydrogens is 252 g/mol. The Bertz CT molecular complexity index is 543. The first kappa shape index (κ1) is 11.2. The molecule has 0 saturated heterocycles. The van der Waals surface area contributed by atoms with Gasteiger partial charge in [0.15, 0.2) is 11.0 Å². The van der Waals surface area contributed by atoms with E-state index in [0.29, 0.717) is 28.6 Å². The highest BCUT2D eigenvalue weighted by Gasteiger charge is 2.27. The third kappa shape index (κ3) is 2.35. The minimum atomic E-state index is 0.367. The molecule has 1 fully saturated rings. The van der Waals surface area contributed by atoms with Crippen molar-refractivity contribution in [2.75, 3.05) is 11.5 Å². The second kappa shape index (κ2) is 4.41. The number of nitrogens with two attached hydrogens (primary N) is 2. The van der Waals surface area contributed by atoms with E-state index in [1.807, 2.05) is 4.68 Å². The van der Waals surface area contributed by atoms with Gasteiger partial charge < -0.3 is 11.5 Å². The normalized spacial score (nSPS) is 14.9. The Morgan fingerprint density at radius 3 is 2.67 bits per heavy atom. The topological polar surface area (TPSA) is 121 Å². The van der Waals surface area contributed by atoms with Crippen LogP contribution in [-0.2, 0) is 5.75 Å². The number of anilines is 2. The molecule has 0 atom stereocenters. The highest BCUT2D eigenvalue weighted by molar-refractivity contribution is 7.98. The van der Waals surface area contributed by atoms with Gasteiger partial charge in [0, 0.05) is 6.07 Å². The zero-order chi connectivity index (χ0) is 12.5. The summed E-state index contributed by atoms with van der Waals surface area (Å²) in [6.45, 7) is 0. The molecule has 9 heteroatoms. The smallest absolute Gasteiger partial charge is 0.191 e. The summed E-state index contributed by atoms with van der Waals surface area (Å²) >= 11 is 1.42. The van der Waals surface area contributed by atoms with Gasteiger partial charge in [0.25, 0.3) is 0 Å². The molecule has 3 rings (SSSR count). The van der Waals surface area contributed by atoms with Crippen molar-refractivity contribution >= 4 is 23.4 Å². The largest absolute Gasteiger partial charge is 0.383 e. The summed E-state index contributed by atoms with van der Waals surface area (Å²) < 4.78 is 1.86. The minimum Gasteiger partial charge on any atom is -0.383 e. The monoisotopic (exact) mass is 264 g/mol. The Hall–Kier alpha value is -1.90. The van der Waals surface area contributed by atoms with Crippen molar-refractivity contribution in [1.82, 2.24) is 30.2 Å². The van der Waals surface area contributed by atoms with Gasteiger partial charge in [0.2, 0.25) is 0 Å². The third-order valence-corrected chi connectivity index (χ3v) is 3.37. The summed E-state index contributed by atoms with van der Waals surface area (Å²) in [6.07, 6.45) is 2.29. The van der Waals surface area contributed by atoms with Crippen LogP contribution in [0.5, 0.6) is 0 Å². The van der Waals surface area contributed by atoms with Crippen molar-refractivity contribution < 1.29 is 0 Å². The standard InChI is InChI=1S/C9H12N8S/c10-6-3-7(11)13-9(12-6)18-4-8-14-15-16-17(8)5-1-2-5/h3,5H,1-2,4H2,(H4,10,11,12,13). The van der Waals surface area contributed by atoms with Crippen molar-refractivity contribution in [1.29, 1.82) is 0 Å². The molecule has 2 aromatic rings. The molecule has 0 spiro atoms. The van der Waals surface area contributed by atoms with Crippen LogP contribution in [0.4, 0.5) is 11.6 Å². The van der Waals surface area contributed by atoms with E-state index in [-0.39, 0.29) is 0 Å².